The van der Waals surface area contributed by atoms with Gasteiger partial charge >= 0.3 is 0 Å². The number of benzene rings is 1. The van der Waals surface area contributed by atoms with E-state index in [9.17, 15) is 0 Å². The molecule has 0 atom stereocenters. The van der Waals surface area contributed by atoms with E-state index in [0.717, 1.165) is 28.3 Å². The Morgan fingerprint density at radius 2 is 2.11 bits per heavy atom. The number of oxazole rings is 1. The van der Waals surface area contributed by atoms with Crippen LogP contribution >= 0.6 is 0 Å². The molecule has 1 heterocycles. The van der Waals surface area contributed by atoms with Gasteiger partial charge in [0.25, 0.3) is 0 Å². The summed E-state index contributed by atoms with van der Waals surface area (Å²) < 4.78 is 11.0. The molecule has 0 aliphatic heterocycles. The molecule has 0 bridgehead atoms. The van der Waals surface area contributed by atoms with Gasteiger partial charge in [-0.05, 0) is 26.0 Å². The molecule has 2 N–H and O–H groups in total. The summed E-state index contributed by atoms with van der Waals surface area (Å²) in [7, 11) is 1.66. The first kappa shape index (κ1) is 12.6. The molecule has 0 aliphatic rings. The summed E-state index contributed by atoms with van der Waals surface area (Å²) in [6, 6.07) is 6.01. The van der Waals surface area contributed by atoms with Gasteiger partial charge in [-0.15, -0.1) is 0 Å². The molecule has 0 unspecified atom stereocenters. The van der Waals surface area contributed by atoms with Gasteiger partial charge in [0, 0.05) is 18.5 Å². The van der Waals surface area contributed by atoms with Crippen molar-refractivity contribution in [3.63, 3.8) is 0 Å². The molecule has 0 saturated carbocycles. The summed E-state index contributed by atoms with van der Waals surface area (Å²) in [5, 5.41) is 0. The molecule has 0 fully saturated rings. The Morgan fingerprint density at radius 3 is 2.78 bits per heavy atom. The molecular formula is C14H18N2O2. The van der Waals surface area contributed by atoms with E-state index in [4.69, 9.17) is 14.9 Å². The van der Waals surface area contributed by atoms with Gasteiger partial charge in [-0.2, -0.15) is 0 Å². The summed E-state index contributed by atoms with van der Waals surface area (Å²) in [6.45, 7) is 4.48. The van der Waals surface area contributed by atoms with Crippen molar-refractivity contribution in [3.8, 4) is 17.0 Å². The highest BCUT2D eigenvalue weighted by molar-refractivity contribution is 5.69. The van der Waals surface area contributed by atoms with Gasteiger partial charge in [-0.25, -0.2) is 4.98 Å². The minimum absolute atomic E-state index is 0.532. The van der Waals surface area contributed by atoms with Crippen LogP contribution in [0.3, 0.4) is 0 Å². The molecule has 4 heteroatoms. The predicted octanol–water partition coefficient (Wildman–Crippen LogP) is 2.47. The molecule has 1 aromatic carbocycles. The Morgan fingerprint density at radius 1 is 1.33 bits per heavy atom. The van der Waals surface area contributed by atoms with E-state index in [1.54, 1.807) is 7.11 Å². The number of aromatic nitrogens is 1. The number of ether oxygens (including phenoxy) is 1. The van der Waals surface area contributed by atoms with Crippen LogP contribution in [0.4, 0.5) is 0 Å². The molecule has 0 amide bonds. The number of rotatable bonds is 4. The number of hydrogen-bond acceptors (Lipinski definition) is 4. The van der Waals surface area contributed by atoms with Gasteiger partial charge in [-0.3, -0.25) is 0 Å². The minimum atomic E-state index is 0.532. The second kappa shape index (κ2) is 5.23. The average molecular weight is 246 g/mol. The van der Waals surface area contributed by atoms with E-state index < -0.39 is 0 Å². The monoisotopic (exact) mass is 246 g/mol. The highest BCUT2D eigenvalue weighted by Crippen LogP contribution is 2.32. The quantitative estimate of drug-likeness (QED) is 0.900. The SMILES string of the molecule is COc1ccc(C)cc1-c1nc(CCN)oc1C. The van der Waals surface area contributed by atoms with Crippen LogP contribution in [-0.4, -0.2) is 18.6 Å². The summed E-state index contributed by atoms with van der Waals surface area (Å²) in [6.07, 6.45) is 0.648. The van der Waals surface area contributed by atoms with Gasteiger partial charge < -0.3 is 14.9 Å². The predicted molar refractivity (Wildman–Crippen MR) is 70.7 cm³/mol. The van der Waals surface area contributed by atoms with E-state index in [1.165, 1.54) is 0 Å². The van der Waals surface area contributed by atoms with Crippen molar-refractivity contribution in [1.29, 1.82) is 0 Å². The third-order valence-electron chi connectivity index (χ3n) is 2.81. The fraction of sp³-hybridized carbons (Fsp3) is 0.357. The highest BCUT2D eigenvalue weighted by Gasteiger charge is 2.15. The van der Waals surface area contributed by atoms with Gasteiger partial charge in [0.15, 0.2) is 5.89 Å². The van der Waals surface area contributed by atoms with Crippen LogP contribution < -0.4 is 10.5 Å². The third kappa shape index (κ3) is 2.38. The third-order valence-corrected chi connectivity index (χ3v) is 2.81. The largest absolute Gasteiger partial charge is 0.496 e. The normalized spacial score (nSPS) is 10.7. The Labute approximate surface area is 107 Å². The Kier molecular flexibility index (Phi) is 3.67. The summed E-state index contributed by atoms with van der Waals surface area (Å²) >= 11 is 0. The number of nitrogens with two attached hydrogens (primary N) is 1. The second-order valence-corrected chi connectivity index (χ2v) is 4.25. The number of methoxy groups -OCH3 is 1. The maximum atomic E-state index is 5.60. The molecule has 0 spiro atoms. The van der Waals surface area contributed by atoms with Gasteiger partial charge in [-0.1, -0.05) is 11.6 Å². The molecular weight excluding hydrogens is 228 g/mol. The zero-order valence-electron chi connectivity index (χ0n) is 11.0. The lowest BCUT2D eigenvalue weighted by Gasteiger charge is -2.07. The maximum absolute atomic E-state index is 5.60. The lowest BCUT2D eigenvalue weighted by molar-refractivity contribution is 0.416. The molecule has 0 aliphatic carbocycles. The van der Waals surface area contributed by atoms with Crippen molar-refractivity contribution in [1.82, 2.24) is 4.98 Å². The van der Waals surface area contributed by atoms with Crippen LogP contribution in [0, 0.1) is 13.8 Å². The summed E-state index contributed by atoms with van der Waals surface area (Å²) in [5.41, 5.74) is 8.47. The van der Waals surface area contributed by atoms with E-state index in [0.29, 0.717) is 18.9 Å². The van der Waals surface area contributed by atoms with Crippen molar-refractivity contribution in [3.05, 3.63) is 35.4 Å². The van der Waals surface area contributed by atoms with Gasteiger partial charge in [0.05, 0.1) is 7.11 Å². The molecule has 4 nitrogen and oxygen atoms in total. The lowest BCUT2D eigenvalue weighted by atomic mass is 10.1. The van der Waals surface area contributed by atoms with Crippen LogP contribution in [0.5, 0.6) is 5.75 Å². The first-order chi connectivity index (χ1) is 8.65. The zero-order valence-corrected chi connectivity index (χ0v) is 11.0. The van der Waals surface area contributed by atoms with E-state index in [1.807, 2.05) is 26.0 Å². The number of hydrogen-bond donors (Lipinski definition) is 1. The first-order valence-electron chi connectivity index (χ1n) is 5.97. The molecule has 0 saturated heterocycles. The molecule has 96 valence electrons. The van der Waals surface area contributed by atoms with Crippen LogP contribution in [-0.2, 0) is 6.42 Å². The van der Waals surface area contributed by atoms with Crippen LogP contribution in [0.25, 0.3) is 11.3 Å². The van der Waals surface area contributed by atoms with Gasteiger partial charge in [0.1, 0.15) is 17.2 Å². The van der Waals surface area contributed by atoms with Crippen LogP contribution in [0.2, 0.25) is 0 Å². The highest BCUT2D eigenvalue weighted by atomic mass is 16.5. The molecule has 1 aromatic heterocycles. The zero-order chi connectivity index (χ0) is 13.1. The average Bonchev–Trinajstić information content (AvgIpc) is 2.70. The maximum Gasteiger partial charge on any atom is 0.196 e. The summed E-state index contributed by atoms with van der Waals surface area (Å²) in [4.78, 5) is 4.49. The Bertz CT molecular complexity index is 547. The van der Waals surface area contributed by atoms with Crippen molar-refractivity contribution in [2.75, 3.05) is 13.7 Å². The molecule has 0 radical (unpaired) electrons. The molecule has 2 rings (SSSR count). The van der Waals surface area contributed by atoms with Crippen molar-refractivity contribution in [2.45, 2.75) is 20.3 Å². The van der Waals surface area contributed by atoms with E-state index in [-0.39, 0.29) is 0 Å². The van der Waals surface area contributed by atoms with Crippen molar-refractivity contribution < 1.29 is 9.15 Å². The lowest BCUT2D eigenvalue weighted by Crippen LogP contribution is -2.02. The van der Waals surface area contributed by atoms with Crippen LogP contribution in [0.15, 0.2) is 22.6 Å². The fourth-order valence-corrected chi connectivity index (χ4v) is 1.94. The Balaban J connectivity index is 2.50. The van der Waals surface area contributed by atoms with E-state index >= 15 is 0 Å². The van der Waals surface area contributed by atoms with E-state index in [2.05, 4.69) is 11.1 Å². The number of nitrogens with zero attached hydrogens (tertiary/aromatic N) is 1. The van der Waals surface area contributed by atoms with Gasteiger partial charge in [0.2, 0.25) is 0 Å². The fourth-order valence-electron chi connectivity index (χ4n) is 1.94. The van der Waals surface area contributed by atoms with Crippen LogP contribution in [0.1, 0.15) is 17.2 Å². The Hall–Kier alpha value is -1.81. The summed E-state index contributed by atoms with van der Waals surface area (Å²) in [5.74, 6) is 2.27. The smallest absolute Gasteiger partial charge is 0.196 e. The second-order valence-electron chi connectivity index (χ2n) is 4.25. The van der Waals surface area contributed by atoms with Crippen molar-refractivity contribution in [2.24, 2.45) is 5.73 Å². The van der Waals surface area contributed by atoms with Crippen molar-refractivity contribution >= 4 is 0 Å². The minimum Gasteiger partial charge on any atom is -0.496 e. The number of aryl methyl sites for hydroxylation is 2. The molecule has 2 aromatic rings. The topological polar surface area (TPSA) is 61.3 Å². The first-order valence-corrected chi connectivity index (χ1v) is 5.97. The standard InChI is InChI=1S/C14H18N2O2/c1-9-4-5-12(17-3)11(8-9)14-10(2)18-13(16-14)6-7-15/h4-5,8H,6-7,15H2,1-3H3. The molecule has 18 heavy (non-hydrogen) atoms.